The molecule has 2 heterocycles. The van der Waals surface area contributed by atoms with Gasteiger partial charge in [0.15, 0.2) is 0 Å². The van der Waals surface area contributed by atoms with Gasteiger partial charge < -0.3 is 15.8 Å². The number of nitrogens with two attached hydrogens (primary N) is 1. The zero-order valence-corrected chi connectivity index (χ0v) is 11.2. The third kappa shape index (κ3) is 3.93. The summed E-state index contributed by atoms with van der Waals surface area (Å²) in [6, 6.07) is 1.01. The maximum absolute atomic E-state index is 12.0. The average molecular weight is 255 g/mol. The lowest BCUT2D eigenvalue weighted by atomic mass is 9.99. The third-order valence-electron chi connectivity index (χ3n) is 3.99. The van der Waals surface area contributed by atoms with Gasteiger partial charge in [0, 0.05) is 37.9 Å². The summed E-state index contributed by atoms with van der Waals surface area (Å²) in [5.41, 5.74) is 5.93. The van der Waals surface area contributed by atoms with Gasteiger partial charge in [-0.2, -0.15) is 0 Å². The van der Waals surface area contributed by atoms with Crippen molar-refractivity contribution >= 4 is 5.91 Å². The van der Waals surface area contributed by atoms with E-state index in [-0.39, 0.29) is 5.91 Å². The van der Waals surface area contributed by atoms with E-state index < -0.39 is 0 Å². The quantitative estimate of drug-likeness (QED) is 0.750. The minimum atomic E-state index is 0.143. The first-order valence-electron chi connectivity index (χ1n) is 7.02. The van der Waals surface area contributed by atoms with Crippen molar-refractivity contribution in [2.45, 2.75) is 50.7 Å². The number of rotatable bonds is 3. The van der Waals surface area contributed by atoms with Crippen LogP contribution in [0.3, 0.4) is 0 Å². The Morgan fingerprint density at radius 1 is 1.39 bits per heavy atom. The van der Waals surface area contributed by atoms with Gasteiger partial charge in [-0.15, -0.1) is 0 Å². The van der Waals surface area contributed by atoms with Crippen LogP contribution in [0.2, 0.25) is 0 Å². The molecule has 0 spiro atoms. The summed E-state index contributed by atoms with van der Waals surface area (Å²) in [5.74, 6) is 0.143. The topological polar surface area (TPSA) is 67.6 Å². The van der Waals surface area contributed by atoms with Crippen molar-refractivity contribution in [3.05, 3.63) is 0 Å². The lowest BCUT2D eigenvalue weighted by Gasteiger charge is -2.36. The molecule has 0 aromatic rings. The van der Waals surface area contributed by atoms with Gasteiger partial charge in [-0.1, -0.05) is 0 Å². The van der Waals surface area contributed by atoms with E-state index in [0.29, 0.717) is 24.7 Å². The van der Waals surface area contributed by atoms with Gasteiger partial charge >= 0.3 is 0 Å². The molecule has 2 rings (SSSR count). The smallest absolute Gasteiger partial charge is 0.234 e. The van der Waals surface area contributed by atoms with Crippen LogP contribution >= 0.6 is 0 Å². The number of likely N-dealkylation sites (tertiary alicyclic amines) is 1. The molecule has 2 aliphatic rings. The number of nitrogens with zero attached hydrogens (tertiary/aromatic N) is 1. The minimum Gasteiger partial charge on any atom is -0.381 e. The Morgan fingerprint density at radius 2 is 2.11 bits per heavy atom. The Bertz CT molecular complexity index is 279. The summed E-state index contributed by atoms with van der Waals surface area (Å²) in [7, 11) is 0. The highest BCUT2D eigenvalue weighted by Crippen LogP contribution is 2.15. The molecule has 0 aromatic carbocycles. The predicted octanol–water partition coefficient (Wildman–Crippen LogP) is 0.0932. The molecule has 0 saturated carbocycles. The fourth-order valence-electron chi connectivity index (χ4n) is 2.79. The Kier molecular flexibility index (Phi) is 4.97. The Morgan fingerprint density at radius 3 is 2.78 bits per heavy atom. The van der Waals surface area contributed by atoms with Gasteiger partial charge in [0.1, 0.15) is 0 Å². The second kappa shape index (κ2) is 6.50. The highest BCUT2D eigenvalue weighted by Gasteiger charge is 2.25. The zero-order chi connectivity index (χ0) is 13.0. The average Bonchev–Trinajstić information content (AvgIpc) is 2.34. The number of nitrogens with one attached hydrogen (secondary N) is 1. The van der Waals surface area contributed by atoms with Crippen LogP contribution in [0.5, 0.6) is 0 Å². The van der Waals surface area contributed by atoms with E-state index in [4.69, 9.17) is 10.5 Å². The van der Waals surface area contributed by atoms with E-state index in [1.165, 1.54) is 0 Å². The van der Waals surface area contributed by atoms with Crippen molar-refractivity contribution in [2.24, 2.45) is 5.73 Å². The summed E-state index contributed by atoms with van der Waals surface area (Å²) in [4.78, 5) is 14.2. The maximum Gasteiger partial charge on any atom is 0.234 e. The number of amides is 1. The van der Waals surface area contributed by atoms with Crippen LogP contribution in [0.25, 0.3) is 0 Å². The molecule has 0 aromatic heterocycles. The van der Waals surface area contributed by atoms with Crippen molar-refractivity contribution in [1.82, 2.24) is 10.2 Å². The lowest BCUT2D eigenvalue weighted by molar-refractivity contribution is -0.124. The molecule has 18 heavy (non-hydrogen) atoms. The molecular weight excluding hydrogens is 230 g/mol. The first-order chi connectivity index (χ1) is 8.65. The van der Waals surface area contributed by atoms with Crippen LogP contribution in [0.15, 0.2) is 0 Å². The van der Waals surface area contributed by atoms with Crippen molar-refractivity contribution in [3.8, 4) is 0 Å². The molecular formula is C13H25N3O2. The highest BCUT2D eigenvalue weighted by molar-refractivity contribution is 5.78. The summed E-state index contributed by atoms with van der Waals surface area (Å²) < 4.78 is 5.28. The van der Waals surface area contributed by atoms with E-state index in [2.05, 4.69) is 17.1 Å². The molecule has 3 N–H and O–H groups in total. The molecule has 1 amide bonds. The largest absolute Gasteiger partial charge is 0.381 e. The molecule has 0 bridgehead atoms. The van der Waals surface area contributed by atoms with Gasteiger partial charge in [0.2, 0.25) is 5.91 Å². The van der Waals surface area contributed by atoms with Crippen molar-refractivity contribution in [2.75, 3.05) is 26.3 Å². The summed E-state index contributed by atoms with van der Waals surface area (Å²) in [6.45, 7) is 5.12. The molecule has 5 heteroatoms. The van der Waals surface area contributed by atoms with Crippen LogP contribution in [0.1, 0.15) is 32.6 Å². The number of carbonyl (C=O) groups is 1. The van der Waals surface area contributed by atoms with Crippen LogP contribution in [0.4, 0.5) is 0 Å². The second-order valence-electron chi connectivity index (χ2n) is 5.56. The normalized spacial score (nSPS) is 31.2. The molecule has 104 valence electrons. The lowest BCUT2D eigenvalue weighted by Crippen LogP contribution is -2.50. The number of ether oxygens (including phenoxy) is 1. The number of hydrogen-bond donors (Lipinski definition) is 2. The standard InChI is InChI=1S/C13H25N3O2/c1-10-8-11(14)2-5-16(10)9-13(17)15-12-3-6-18-7-4-12/h10-12H,2-9,14H2,1H3,(H,15,17). The van der Waals surface area contributed by atoms with Gasteiger partial charge in [-0.05, 0) is 32.6 Å². The molecule has 2 unspecified atom stereocenters. The van der Waals surface area contributed by atoms with Crippen LogP contribution in [-0.4, -0.2) is 55.2 Å². The molecule has 2 aliphatic heterocycles. The molecule has 2 fully saturated rings. The van der Waals surface area contributed by atoms with E-state index in [9.17, 15) is 4.79 Å². The van der Waals surface area contributed by atoms with Crippen LogP contribution in [0, 0.1) is 0 Å². The third-order valence-corrected chi connectivity index (χ3v) is 3.99. The number of hydrogen-bond acceptors (Lipinski definition) is 4. The fourth-order valence-corrected chi connectivity index (χ4v) is 2.79. The first-order valence-corrected chi connectivity index (χ1v) is 7.02. The van der Waals surface area contributed by atoms with E-state index in [1.807, 2.05) is 0 Å². The van der Waals surface area contributed by atoms with Crippen molar-refractivity contribution < 1.29 is 9.53 Å². The van der Waals surface area contributed by atoms with E-state index >= 15 is 0 Å². The first kappa shape index (κ1) is 13.8. The number of carbonyl (C=O) groups excluding carboxylic acids is 1. The summed E-state index contributed by atoms with van der Waals surface area (Å²) in [5, 5.41) is 3.11. The molecule has 2 saturated heterocycles. The fraction of sp³-hybridized carbons (Fsp3) is 0.923. The molecule has 0 aliphatic carbocycles. The predicted molar refractivity (Wildman–Crippen MR) is 70.2 cm³/mol. The minimum absolute atomic E-state index is 0.143. The maximum atomic E-state index is 12.0. The van der Waals surface area contributed by atoms with Gasteiger partial charge in [-0.25, -0.2) is 0 Å². The molecule has 0 radical (unpaired) electrons. The number of piperidine rings is 1. The molecule has 2 atom stereocenters. The van der Waals surface area contributed by atoms with Crippen LogP contribution in [-0.2, 0) is 9.53 Å². The Balaban J connectivity index is 1.73. The van der Waals surface area contributed by atoms with Crippen LogP contribution < -0.4 is 11.1 Å². The van der Waals surface area contributed by atoms with Gasteiger partial charge in [-0.3, -0.25) is 9.69 Å². The van der Waals surface area contributed by atoms with E-state index in [1.54, 1.807) is 0 Å². The monoisotopic (exact) mass is 255 g/mol. The zero-order valence-electron chi connectivity index (χ0n) is 11.2. The van der Waals surface area contributed by atoms with Gasteiger partial charge in [0.05, 0.1) is 6.54 Å². The summed E-state index contributed by atoms with van der Waals surface area (Å²) in [6.07, 6.45) is 3.86. The van der Waals surface area contributed by atoms with Gasteiger partial charge in [0.25, 0.3) is 0 Å². The Hall–Kier alpha value is -0.650. The SMILES string of the molecule is CC1CC(N)CCN1CC(=O)NC1CCOCC1. The summed E-state index contributed by atoms with van der Waals surface area (Å²) >= 11 is 0. The van der Waals surface area contributed by atoms with Crippen molar-refractivity contribution in [3.63, 3.8) is 0 Å². The van der Waals surface area contributed by atoms with Crippen molar-refractivity contribution in [1.29, 1.82) is 0 Å². The Labute approximate surface area is 109 Å². The van der Waals surface area contributed by atoms with E-state index in [0.717, 1.165) is 45.4 Å². The molecule has 5 nitrogen and oxygen atoms in total. The highest BCUT2D eigenvalue weighted by atomic mass is 16.5. The second-order valence-corrected chi connectivity index (χ2v) is 5.56.